The van der Waals surface area contributed by atoms with Crippen molar-refractivity contribution in [2.45, 2.75) is 47.1 Å². The van der Waals surface area contributed by atoms with Crippen LogP contribution in [0.25, 0.3) is 0 Å². The zero-order valence-electron chi connectivity index (χ0n) is 13.3. The van der Waals surface area contributed by atoms with Crippen molar-refractivity contribution in [1.29, 1.82) is 0 Å². The molecule has 118 valence electrons. The van der Waals surface area contributed by atoms with E-state index in [-0.39, 0.29) is 11.7 Å². The summed E-state index contributed by atoms with van der Waals surface area (Å²) >= 11 is 0. The summed E-state index contributed by atoms with van der Waals surface area (Å²) in [5.74, 6) is 0.0155. The molecule has 0 spiro atoms. The fourth-order valence-corrected chi connectivity index (χ4v) is 2.43. The lowest BCUT2D eigenvalue weighted by Gasteiger charge is -2.09. The zero-order valence-corrected chi connectivity index (χ0v) is 13.3. The third-order valence-electron chi connectivity index (χ3n) is 3.37. The van der Waals surface area contributed by atoms with E-state index in [4.69, 9.17) is 9.15 Å². The highest BCUT2D eigenvalue weighted by molar-refractivity contribution is 6.01. The molecule has 0 unspecified atom stereocenters. The van der Waals surface area contributed by atoms with Gasteiger partial charge in [-0.1, -0.05) is 6.92 Å². The first-order chi connectivity index (χ1) is 10.3. The maximum Gasteiger partial charge on any atom is 0.355 e. The van der Waals surface area contributed by atoms with Crippen molar-refractivity contribution in [3.8, 4) is 0 Å². The molecule has 2 heterocycles. The summed E-state index contributed by atoms with van der Waals surface area (Å²) in [7, 11) is 0. The van der Waals surface area contributed by atoms with E-state index in [1.807, 2.05) is 6.92 Å². The molecular formula is C15H19N3O4. The number of hydrogen-bond donors (Lipinski definition) is 1. The quantitative estimate of drug-likeness (QED) is 0.673. The molecule has 0 aliphatic rings. The predicted octanol–water partition coefficient (Wildman–Crippen LogP) is 2.70. The number of aromatic nitrogens is 3. The number of nitrogens with zero attached hydrogens (tertiary/aromatic N) is 2. The summed E-state index contributed by atoms with van der Waals surface area (Å²) in [6.45, 7) is 8.44. The minimum Gasteiger partial charge on any atom is -0.448 e. The van der Waals surface area contributed by atoms with E-state index >= 15 is 0 Å². The molecule has 22 heavy (non-hydrogen) atoms. The van der Waals surface area contributed by atoms with Gasteiger partial charge in [-0.25, -0.2) is 4.79 Å². The van der Waals surface area contributed by atoms with Gasteiger partial charge in [0.1, 0.15) is 5.69 Å². The Hall–Kier alpha value is -2.44. The first-order valence-corrected chi connectivity index (χ1v) is 7.08. The van der Waals surface area contributed by atoms with Gasteiger partial charge < -0.3 is 14.1 Å². The van der Waals surface area contributed by atoms with Gasteiger partial charge in [-0.2, -0.15) is 0 Å². The Labute approximate surface area is 128 Å². The van der Waals surface area contributed by atoms with Crippen molar-refractivity contribution in [2.24, 2.45) is 0 Å². The Morgan fingerprint density at radius 2 is 2.00 bits per heavy atom. The van der Waals surface area contributed by atoms with Crippen LogP contribution in [0.5, 0.6) is 0 Å². The number of rotatable bonds is 5. The summed E-state index contributed by atoms with van der Waals surface area (Å²) in [6, 6.07) is 0. The molecule has 7 nitrogen and oxygen atoms in total. The monoisotopic (exact) mass is 305 g/mol. The van der Waals surface area contributed by atoms with Crippen molar-refractivity contribution in [2.75, 3.05) is 0 Å². The summed E-state index contributed by atoms with van der Waals surface area (Å²) in [5, 5.41) is 7.53. The number of ketones is 1. The maximum atomic E-state index is 12.3. The molecule has 0 aliphatic carbocycles. The van der Waals surface area contributed by atoms with Gasteiger partial charge in [0.2, 0.25) is 5.89 Å². The smallest absolute Gasteiger partial charge is 0.355 e. The average Bonchev–Trinajstić information content (AvgIpc) is 3.01. The molecule has 2 aromatic rings. The van der Waals surface area contributed by atoms with Gasteiger partial charge in [-0.15, -0.1) is 10.2 Å². The van der Waals surface area contributed by atoms with Crippen molar-refractivity contribution >= 4 is 11.8 Å². The summed E-state index contributed by atoms with van der Waals surface area (Å²) in [4.78, 5) is 27.0. The van der Waals surface area contributed by atoms with Gasteiger partial charge in [0, 0.05) is 18.2 Å². The molecule has 7 heteroatoms. The van der Waals surface area contributed by atoms with Crippen LogP contribution in [0.1, 0.15) is 70.8 Å². The second-order valence-electron chi connectivity index (χ2n) is 5.10. The number of Topliss-reactive ketones (excluding diaryl/α,β-unsaturated/α-hetero) is 1. The summed E-state index contributed by atoms with van der Waals surface area (Å²) in [5.41, 5.74) is 2.19. The average molecular weight is 305 g/mol. The lowest BCUT2D eigenvalue weighted by Crippen LogP contribution is -2.12. The molecule has 2 aromatic heterocycles. The van der Waals surface area contributed by atoms with Gasteiger partial charge in [0.05, 0.1) is 0 Å². The standard InChI is InChI=1S/C15H19N3O4/c1-6-11-12(8(3)19)7(2)16-13(11)15(20)21-9(4)14-18-17-10(5)22-14/h9,16H,6H2,1-5H3/t9-/m1/s1. The van der Waals surface area contributed by atoms with Gasteiger partial charge >= 0.3 is 5.97 Å². The van der Waals surface area contributed by atoms with Crippen molar-refractivity contribution < 1.29 is 18.7 Å². The summed E-state index contributed by atoms with van der Waals surface area (Å²) in [6.07, 6.45) is -0.111. The molecule has 1 N–H and O–H groups in total. The van der Waals surface area contributed by atoms with E-state index in [1.54, 1.807) is 20.8 Å². The first-order valence-electron chi connectivity index (χ1n) is 7.08. The Morgan fingerprint density at radius 3 is 2.50 bits per heavy atom. The van der Waals surface area contributed by atoms with Crippen LogP contribution in [-0.4, -0.2) is 26.9 Å². The van der Waals surface area contributed by atoms with Crippen LogP contribution in [0, 0.1) is 13.8 Å². The van der Waals surface area contributed by atoms with E-state index in [2.05, 4.69) is 15.2 Å². The fraction of sp³-hybridized carbons (Fsp3) is 0.467. The molecule has 0 aliphatic heterocycles. The van der Waals surface area contributed by atoms with Gasteiger partial charge in [-0.05, 0) is 32.8 Å². The second kappa shape index (κ2) is 6.13. The number of aryl methyl sites for hydroxylation is 2. The van der Waals surface area contributed by atoms with Crippen LogP contribution in [-0.2, 0) is 11.2 Å². The molecule has 0 fully saturated rings. The highest BCUT2D eigenvalue weighted by Crippen LogP contribution is 2.23. The highest BCUT2D eigenvalue weighted by atomic mass is 16.6. The highest BCUT2D eigenvalue weighted by Gasteiger charge is 2.25. The molecule has 0 radical (unpaired) electrons. The van der Waals surface area contributed by atoms with Gasteiger partial charge in [-0.3, -0.25) is 4.79 Å². The zero-order chi connectivity index (χ0) is 16.4. The SMILES string of the molecule is CCc1c(C(=O)O[C@H](C)c2nnc(C)o2)[nH]c(C)c1C(C)=O. The Morgan fingerprint density at radius 1 is 1.32 bits per heavy atom. The van der Waals surface area contributed by atoms with Crippen LogP contribution in [0.3, 0.4) is 0 Å². The molecule has 2 rings (SSSR count). The molecule has 0 aromatic carbocycles. The number of hydrogen-bond acceptors (Lipinski definition) is 6. The molecule has 1 atom stereocenters. The number of carbonyl (C=O) groups is 2. The van der Waals surface area contributed by atoms with Crippen LogP contribution in [0.2, 0.25) is 0 Å². The number of carbonyl (C=O) groups excluding carboxylic acids is 2. The Bertz CT molecular complexity index is 714. The minimum absolute atomic E-state index is 0.0785. The normalized spacial score (nSPS) is 12.2. The molecule has 0 saturated heterocycles. The number of H-pyrrole nitrogens is 1. The first kappa shape index (κ1) is 15.9. The minimum atomic E-state index is -0.664. The third-order valence-corrected chi connectivity index (χ3v) is 3.37. The van der Waals surface area contributed by atoms with Crippen LogP contribution in [0.15, 0.2) is 4.42 Å². The van der Waals surface area contributed by atoms with Crippen LogP contribution in [0.4, 0.5) is 0 Å². The second-order valence-corrected chi connectivity index (χ2v) is 5.10. The fourth-order valence-electron chi connectivity index (χ4n) is 2.43. The molecular weight excluding hydrogens is 286 g/mol. The van der Waals surface area contributed by atoms with E-state index in [9.17, 15) is 9.59 Å². The van der Waals surface area contributed by atoms with Crippen molar-refractivity contribution in [3.63, 3.8) is 0 Å². The molecule has 0 saturated carbocycles. The molecule has 0 amide bonds. The number of aromatic amines is 1. The van der Waals surface area contributed by atoms with E-state index in [1.165, 1.54) is 6.92 Å². The number of ether oxygens (including phenoxy) is 1. The largest absolute Gasteiger partial charge is 0.448 e. The van der Waals surface area contributed by atoms with Crippen LogP contribution >= 0.6 is 0 Å². The maximum absolute atomic E-state index is 12.3. The van der Waals surface area contributed by atoms with Gasteiger partial charge in [0.25, 0.3) is 5.89 Å². The predicted molar refractivity (Wildman–Crippen MR) is 77.8 cm³/mol. The lowest BCUT2D eigenvalue weighted by atomic mass is 10.0. The van der Waals surface area contributed by atoms with E-state index < -0.39 is 12.1 Å². The van der Waals surface area contributed by atoms with E-state index in [0.717, 1.165) is 0 Å². The van der Waals surface area contributed by atoms with Gasteiger partial charge in [0.15, 0.2) is 11.9 Å². The van der Waals surface area contributed by atoms with Crippen molar-refractivity contribution in [3.05, 3.63) is 34.3 Å². The summed E-state index contributed by atoms with van der Waals surface area (Å²) < 4.78 is 10.6. The van der Waals surface area contributed by atoms with Crippen LogP contribution < -0.4 is 0 Å². The van der Waals surface area contributed by atoms with Crippen molar-refractivity contribution in [1.82, 2.24) is 15.2 Å². The topological polar surface area (TPSA) is 98.1 Å². The Kier molecular flexibility index (Phi) is 4.44. The molecule has 0 bridgehead atoms. The number of nitrogens with one attached hydrogen (secondary N) is 1. The third kappa shape index (κ3) is 2.93. The number of esters is 1. The Balaban J connectivity index is 2.26. The van der Waals surface area contributed by atoms with E-state index in [0.29, 0.717) is 34.8 Å². The lowest BCUT2D eigenvalue weighted by molar-refractivity contribution is 0.0269.